The van der Waals surface area contributed by atoms with Crippen LogP contribution in [0.25, 0.3) is 0 Å². The number of hydrogen-bond acceptors (Lipinski definition) is 3. The first-order chi connectivity index (χ1) is 9.16. The normalized spacial score (nSPS) is 19.2. The van der Waals surface area contributed by atoms with Gasteiger partial charge in [-0.3, -0.25) is 9.97 Å². The fourth-order valence-electron chi connectivity index (χ4n) is 3.06. The predicted molar refractivity (Wildman–Crippen MR) is 75.9 cm³/mol. The first-order valence-electron chi connectivity index (χ1n) is 6.80. The summed E-state index contributed by atoms with van der Waals surface area (Å²) in [4.78, 5) is 9.06. The van der Waals surface area contributed by atoms with Gasteiger partial charge in [-0.1, -0.05) is 12.1 Å². The molecule has 0 saturated carbocycles. The highest BCUT2D eigenvalue weighted by Gasteiger charge is 2.30. The van der Waals surface area contributed by atoms with Crippen molar-refractivity contribution < 1.29 is 0 Å². The Morgan fingerprint density at radius 1 is 1.26 bits per heavy atom. The van der Waals surface area contributed by atoms with Gasteiger partial charge in [0.2, 0.25) is 0 Å². The summed E-state index contributed by atoms with van der Waals surface area (Å²) in [5, 5.41) is 0. The van der Waals surface area contributed by atoms with Gasteiger partial charge in [-0.25, -0.2) is 0 Å². The lowest BCUT2D eigenvalue weighted by Crippen LogP contribution is -2.20. The van der Waals surface area contributed by atoms with E-state index in [1.165, 1.54) is 11.3 Å². The Morgan fingerprint density at radius 3 is 2.89 bits per heavy atom. The smallest absolute Gasteiger partial charge is 0.0485 e. The molecule has 3 nitrogen and oxygen atoms in total. The van der Waals surface area contributed by atoms with Crippen LogP contribution in [0.4, 0.5) is 0 Å². The second-order valence-electron chi connectivity index (χ2n) is 5.35. The van der Waals surface area contributed by atoms with Crippen molar-refractivity contribution in [3.8, 4) is 0 Å². The van der Waals surface area contributed by atoms with Gasteiger partial charge in [0.15, 0.2) is 0 Å². The van der Waals surface area contributed by atoms with Crippen LogP contribution in [0.15, 0.2) is 30.5 Å². The van der Waals surface area contributed by atoms with Crippen LogP contribution in [0, 0.1) is 13.8 Å². The molecular weight excluding hydrogens is 234 g/mol. The Balaban J connectivity index is 1.95. The summed E-state index contributed by atoms with van der Waals surface area (Å²) < 4.78 is 0. The molecule has 3 heteroatoms. The summed E-state index contributed by atoms with van der Waals surface area (Å²) in [5.74, 6) is 0.319. The molecule has 0 aromatic carbocycles. The predicted octanol–water partition coefficient (Wildman–Crippen LogP) is 2.82. The molecule has 1 aliphatic rings. The molecule has 98 valence electrons. The Kier molecular flexibility index (Phi) is 3.07. The van der Waals surface area contributed by atoms with Crippen molar-refractivity contribution in [2.24, 2.45) is 5.73 Å². The molecule has 2 atom stereocenters. The van der Waals surface area contributed by atoms with Crippen molar-refractivity contribution in [3.63, 3.8) is 0 Å². The van der Waals surface area contributed by atoms with Crippen LogP contribution in [0.5, 0.6) is 0 Å². The van der Waals surface area contributed by atoms with E-state index >= 15 is 0 Å². The Morgan fingerprint density at radius 2 is 2.11 bits per heavy atom. The highest BCUT2D eigenvalue weighted by Crippen LogP contribution is 2.39. The number of aryl methyl sites for hydroxylation is 3. The third kappa shape index (κ3) is 2.15. The molecule has 0 fully saturated rings. The van der Waals surface area contributed by atoms with Crippen molar-refractivity contribution in [1.29, 1.82) is 0 Å². The molecule has 0 spiro atoms. The van der Waals surface area contributed by atoms with E-state index in [9.17, 15) is 0 Å². The molecule has 1 aliphatic carbocycles. The fraction of sp³-hybridized carbons (Fsp3) is 0.375. The van der Waals surface area contributed by atoms with Gasteiger partial charge in [0.1, 0.15) is 0 Å². The zero-order valence-electron chi connectivity index (χ0n) is 11.4. The summed E-state index contributed by atoms with van der Waals surface area (Å²) in [6.45, 7) is 4.05. The van der Waals surface area contributed by atoms with E-state index in [4.69, 9.17) is 5.73 Å². The van der Waals surface area contributed by atoms with E-state index in [0.29, 0.717) is 5.92 Å². The molecular formula is C16H19N3. The number of aromatic nitrogens is 2. The third-order valence-electron chi connectivity index (χ3n) is 4.06. The lowest BCUT2D eigenvalue weighted by molar-refractivity contribution is 0.537. The maximum atomic E-state index is 6.49. The topological polar surface area (TPSA) is 51.8 Å². The fourth-order valence-corrected chi connectivity index (χ4v) is 3.06. The standard InChI is InChI=1S/C16H19N3/c1-10-5-7-13(11(2)19-10)15(17)14-8-6-12-4-3-9-18-16(12)14/h3-5,7,9,14-15H,6,8,17H2,1-2H3. The molecule has 0 radical (unpaired) electrons. The van der Waals surface area contributed by atoms with Gasteiger partial charge in [-0.2, -0.15) is 0 Å². The van der Waals surface area contributed by atoms with Gasteiger partial charge in [-0.15, -0.1) is 0 Å². The van der Waals surface area contributed by atoms with Gasteiger partial charge in [0, 0.05) is 35.2 Å². The van der Waals surface area contributed by atoms with Crippen LogP contribution in [0.3, 0.4) is 0 Å². The van der Waals surface area contributed by atoms with E-state index in [0.717, 1.165) is 29.8 Å². The lowest BCUT2D eigenvalue weighted by atomic mass is 9.90. The van der Waals surface area contributed by atoms with Gasteiger partial charge in [-0.05, 0) is 49.9 Å². The monoisotopic (exact) mass is 253 g/mol. The first-order valence-corrected chi connectivity index (χ1v) is 6.80. The van der Waals surface area contributed by atoms with E-state index in [1.54, 1.807) is 0 Å². The Bertz CT molecular complexity index is 607. The number of nitrogens with two attached hydrogens (primary N) is 1. The quantitative estimate of drug-likeness (QED) is 0.895. The molecule has 2 aromatic rings. The van der Waals surface area contributed by atoms with Crippen LogP contribution in [-0.2, 0) is 6.42 Å². The van der Waals surface area contributed by atoms with Crippen molar-refractivity contribution in [3.05, 3.63) is 58.7 Å². The largest absolute Gasteiger partial charge is 0.323 e. The highest BCUT2D eigenvalue weighted by atomic mass is 14.8. The summed E-state index contributed by atoms with van der Waals surface area (Å²) in [6, 6.07) is 8.31. The van der Waals surface area contributed by atoms with Gasteiger partial charge < -0.3 is 5.73 Å². The average molecular weight is 253 g/mol. The number of nitrogens with zero attached hydrogens (tertiary/aromatic N) is 2. The molecule has 0 amide bonds. The highest BCUT2D eigenvalue weighted by molar-refractivity contribution is 5.34. The van der Waals surface area contributed by atoms with E-state index in [2.05, 4.69) is 22.1 Å². The van der Waals surface area contributed by atoms with Crippen LogP contribution in [0.2, 0.25) is 0 Å². The molecule has 19 heavy (non-hydrogen) atoms. The number of rotatable bonds is 2. The number of fused-ring (bicyclic) bond motifs is 1. The maximum Gasteiger partial charge on any atom is 0.0485 e. The minimum absolute atomic E-state index is 0.00995. The van der Waals surface area contributed by atoms with Crippen molar-refractivity contribution in [1.82, 2.24) is 9.97 Å². The Labute approximate surface area is 113 Å². The SMILES string of the molecule is Cc1ccc(C(N)C2CCc3cccnc32)c(C)n1. The first kappa shape index (κ1) is 12.3. The number of pyridine rings is 2. The molecule has 0 aliphatic heterocycles. The van der Waals surface area contributed by atoms with Crippen LogP contribution >= 0.6 is 0 Å². The summed E-state index contributed by atoms with van der Waals surface area (Å²) in [6.07, 6.45) is 4.03. The second-order valence-corrected chi connectivity index (χ2v) is 5.35. The van der Waals surface area contributed by atoms with Gasteiger partial charge in [0.05, 0.1) is 0 Å². The summed E-state index contributed by atoms with van der Waals surface area (Å²) >= 11 is 0. The summed E-state index contributed by atoms with van der Waals surface area (Å²) in [5.41, 5.74) is 12.2. The maximum absolute atomic E-state index is 6.49. The van der Waals surface area contributed by atoms with Crippen LogP contribution < -0.4 is 5.73 Å². The van der Waals surface area contributed by atoms with E-state index in [1.807, 2.05) is 32.2 Å². The number of hydrogen-bond donors (Lipinski definition) is 1. The third-order valence-corrected chi connectivity index (χ3v) is 4.06. The molecule has 3 rings (SSSR count). The second kappa shape index (κ2) is 4.74. The van der Waals surface area contributed by atoms with Crippen LogP contribution in [0.1, 0.15) is 46.6 Å². The van der Waals surface area contributed by atoms with Crippen LogP contribution in [-0.4, -0.2) is 9.97 Å². The minimum atomic E-state index is -0.00995. The average Bonchev–Trinajstić information content (AvgIpc) is 2.82. The Hall–Kier alpha value is -1.74. The van der Waals surface area contributed by atoms with Crippen molar-refractivity contribution in [2.45, 2.75) is 38.6 Å². The molecule has 2 aromatic heterocycles. The van der Waals surface area contributed by atoms with Gasteiger partial charge >= 0.3 is 0 Å². The zero-order chi connectivity index (χ0) is 13.4. The molecule has 2 heterocycles. The summed E-state index contributed by atoms with van der Waals surface area (Å²) in [7, 11) is 0. The molecule has 0 bridgehead atoms. The minimum Gasteiger partial charge on any atom is -0.323 e. The zero-order valence-corrected chi connectivity index (χ0v) is 11.4. The molecule has 2 unspecified atom stereocenters. The lowest BCUT2D eigenvalue weighted by Gasteiger charge is -2.21. The van der Waals surface area contributed by atoms with Crippen molar-refractivity contribution >= 4 is 0 Å². The molecule has 2 N–H and O–H groups in total. The van der Waals surface area contributed by atoms with E-state index in [-0.39, 0.29) is 6.04 Å². The van der Waals surface area contributed by atoms with E-state index < -0.39 is 0 Å². The van der Waals surface area contributed by atoms with Crippen molar-refractivity contribution in [2.75, 3.05) is 0 Å². The molecule has 0 saturated heterocycles. The van der Waals surface area contributed by atoms with Gasteiger partial charge in [0.25, 0.3) is 0 Å².